The summed E-state index contributed by atoms with van der Waals surface area (Å²) in [5, 5.41) is 0. The highest BCUT2D eigenvalue weighted by atomic mass is 32.2. The van der Waals surface area contributed by atoms with Gasteiger partial charge in [-0.15, -0.1) is 0 Å². The number of para-hydroxylation sites is 1. The number of nitrogens with one attached hydrogen (secondary N) is 1. The van der Waals surface area contributed by atoms with E-state index in [4.69, 9.17) is 0 Å². The third kappa shape index (κ3) is 4.61. The maximum absolute atomic E-state index is 13.7. The van der Waals surface area contributed by atoms with Crippen molar-refractivity contribution < 1.29 is 22.0 Å². The molecule has 1 heterocycles. The molecule has 1 saturated heterocycles. The maximum Gasteiger partial charge on any atom is 0.243 e. The molecule has 0 saturated carbocycles. The highest BCUT2D eigenvalue weighted by molar-refractivity contribution is 7.89. The molecule has 0 spiro atoms. The van der Waals surface area contributed by atoms with Gasteiger partial charge in [-0.1, -0.05) is 18.2 Å². The molecule has 1 aliphatic rings. The highest BCUT2D eigenvalue weighted by Crippen LogP contribution is 2.17. The summed E-state index contributed by atoms with van der Waals surface area (Å²) in [4.78, 5) is 15.3. The van der Waals surface area contributed by atoms with Crippen LogP contribution in [0.15, 0.2) is 53.4 Å². The Labute approximate surface area is 156 Å². The van der Waals surface area contributed by atoms with Crippen molar-refractivity contribution in [3.05, 3.63) is 60.2 Å². The van der Waals surface area contributed by atoms with Crippen molar-refractivity contribution in [1.82, 2.24) is 9.62 Å². The Hall–Kier alpha value is -2.52. The van der Waals surface area contributed by atoms with Crippen LogP contribution in [0, 0.1) is 11.6 Å². The van der Waals surface area contributed by atoms with E-state index in [1.807, 2.05) is 30.3 Å². The molecule has 0 aromatic heterocycles. The largest absolute Gasteiger partial charge is 0.368 e. The minimum absolute atomic E-state index is 0.395. The Morgan fingerprint density at radius 1 is 1.00 bits per heavy atom. The average Bonchev–Trinajstić information content (AvgIpc) is 2.67. The van der Waals surface area contributed by atoms with Gasteiger partial charge in [-0.3, -0.25) is 4.79 Å². The van der Waals surface area contributed by atoms with Crippen molar-refractivity contribution in [2.45, 2.75) is 4.90 Å². The van der Waals surface area contributed by atoms with Gasteiger partial charge in [0.05, 0.1) is 6.54 Å². The first-order valence-electron chi connectivity index (χ1n) is 8.39. The first-order chi connectivity index (χ1) is 12.9. The summed E-state index contributed by atoms with van der Waals surface area (Å²) in [7, 11) is -4.24. The van der Waals surface area contributed by atoms with Crippen molar-refractivity contribution in [3.8, 4) is 0 Å². The Morgan fingerprint density at radius 2 is 1.67 bits per heavy atom. The predicted molar refractivity (Wildman–Crippen MR) is 96.8 cm³/mol. The number of anilines is 1. The standard InChI is InChI=1S/C18H19F2N3O3S/c19-14-6-7-17(16(20)12-14)27(25,26)21-13-18(24)23-10-8-22(9-11-23)15-4-2-1-3-5-15/h1-7,12,21H,8-11,13H2. The highest BCUT2D eigenvalue weighted by Gasteiger charge is 2.24. The van der Waals surface area contributed by atoms with Gasteiger partial charge in [-0.05, 0) is 24.3 Å². The molecule has 0 aliphatic carbocycles. The Kier molecular flexibility index (Phi) is 5.71. The van der Waals surface area contributed by atoms with Gasteiger partial charge < -0.3 is 9.80 Å². The quantitative estimate of drug-likeness (QED) is 0.835. The van der Waals surface area contributed by atoms with Gasteiger partial charge >= 0.3 is 0 Å². The SMILES string of the molecule is O=C(CNS(=O)(=O)c1ccc(F)cc1F)N1CCN(c2ccccc2)CC1. The van der Waals surface area contributed by atoms with Crippen LogP contribution >= 0.6 is 0 Å². The summed E-state index contributed by atoms with van der Waals surface area (Å²) < 4.78 is 52.9. The fraction of sp³-hybridized carbons (Fsp3) is 0.278. The van der Waals surface area contributed by atoms with Gasteiger partial charge in [0.25, 0.3) is 0 Å². The fourth-order valence-corrected chi connectivity index (χ4v) is 3.92. The van der Waals surface area contributed by atoms with Crippen LogP contribution in [0.2, 0.25) is 0 Å². The number of carbonyl (C=O) groups excluding carboxylic acids is 1. The second kappa shape index (κ2) is 8.01. The zero-order valence-electron chi connectivity index (χ0n) is 14.4. The van der Waals surface area contributed by atoms with Crippen molar-refractivity contribution in [1.29, 1.82) is 0 Å². The van der Waals surface area contributed by atoms with E-state index < -0.39 is 39.0 Å². The molecule has 0 unspecified atom stereocenters. The average molecular weight is 395 g/mol. The smallest absolute Gasteiger partial charge is 0.243 e. The molecular weight excluding hydrogens is 376 g/mol. The summed E-state index contributed by atoms with van der Waals surface area (Å²) in [5.41, 5.74) is 1.07. The van der Waals surface area contributed by atoms with Crippen molar-refractivity contribution in [3.63, 3.8) is 0 Å². The Morgan fingerprint density at radius 3 is 2.30 bits per heavy atom. The number of carbonyl (C=O) groups is 1. The van der Waals surface area contributed by atoms with E-state index in [0.29, 0.717) is 32.2 Å². The minimum Gasteiger partial charge on any atom is -0.368 e. The summed E-state index contributed by atoms with van der Waals surface area (Å²) in [5.74, 6) is -2.47. The Balaban J connectivity index is 1.55. The number of nitrogens with zero attached hydrogens (tertiary/aromatic N) is 2. The van der Waals surface area contributed by atoms with Gasteiger partial charge in [0.2, 0.25) is 15.9 Å². The molecule has 1 aliphatic heterocycles. The zero-order valence-corrected chi connectivity index (χ0v) is 15.3. The summed E-state index contributed by atoms with van der Waals surface area (Å²) >= 11 is 0. The van der Waals surface area contributed by atoms with Crippen LogP contribution in [0.1, 0.15) is 0 Å². The molecule has 1 amide bonds. The van der Waals surface area contributed by atoms with Gasteiger partial charge in [-0.2, -0.15) is 0 Å². The van der Waals surface area contributed by atoms with E-state index in [9.17, 15) is 22.0 Å². The topological polar surface area (TPSA) is 69.7 Å². The number of hydrogen-bond donors (Lipinski definition) is 1. The second-order valence-electron chi connectivity index (χ2n) is 6.10. The lowest BCUT2D eigenvalue weighted by molar-refractivity contribution is -0.130. The number of piperazine rings is 1. The van der Waals surface area contributed by atoms with Crippen LogP contribution in [-0.2, 0) is 14.8 Å². The number of halogens is 2. The molecule has 144 valence electrons. The van der Waals surface area contributed by atoms with Crippen molar-refractivity contribution in [2.24, 2.45) is 0 Å². The van der Waals surface area contributed by atoms with Crippen molar-refractivity contribution in [2.75, 3.05) is 37.6 Å². The van der Waals surface area contributed by atoms with E-state index in [2.05, 4.69) is 9.62 Å². The van der Waals surface area contributed by atoms with Crippen molar-refractivity contribution >= 4 is 21.6 Å². The molecule has 9 heteroatoms. The summed E-state index contributed by atoms with van der Waals surface area (Å²) in [6.07, 6.45) is 0. The lowest BCUT2D eigenvalue weighted by Crippen LogP contribution is -2.51. The summed E-state index contributed by atoms with van der Waals surface area (Å²) in [6, 6.07) is 12.0. The van der Waals surface area contributed by atoms with Crippen LogP contribution in [0.5, 0.6) is 0 Å². The Bertz CT molecular complexity index is 915. The van der Waals surface area contributed by atoms with Crippen LogP contribution in [-0.4, -0.2) is 51.9 Å². The van der Waals surface area contributed by atoms with Gasteiger partial charge in [0, 0.05) is 37.9 Å². The van der Waals surface area contributed by atoms with E-state index >= 15 is 0 Å². The van der Waals surface area contributed by atoms with Crippen LogP contribution in [0.25, 0.3) is 0 Å². The van der Waals surface area contributed by atoms with Crippen LogP contribution in [0.4, 0.5) is 14.5 Å². The molecule has 0 bridgehead atoms. The molecule has 1 fully saturated rings. The molecular formula is C18H19F2N3O3S. The third-order valence-electron chi connectivity index (χ3n) is 4.35. The third-order valence-corrected chi connectivity index (χ3v) is 5.79. The number of amides is 1. The van der Waals surface area contributed by atoms with Gasteiger partial charge in [-0.25, -0.2) is 21.9 Å². The monoisotopic (exact) mass is 395 g/mol. The molecule has 0 radical (unpaired) electrons. The number of sulfonamides is 1. The molecule has 2 aromatic rings. The number of hydrogen-bond acceptors (Lipinski definition) is 4. The fourth-order valence-electron chi connectivity index (χ4n) is 2.89. The molecule has 1 N–H and O–H groups in total. The first kappa shape index (κ1) is 19.2. The zero-order chi connectivity index (χ0) is 19.4. The molecule has 27 heavy (non-hydrogen) atoms. The lowest BCUT2D eigenvalue weighted by atomic mass is 10.2. The molecule has 3 rings (SSSR count). The van der Waals surface area contributed by atoms with E-state index in [-0.39, 0.29) is 0 Å². The van der Waals surface area contributed by atoms with Gasteiger partial charge in [0.1, 0.15) is 16.5 Å². The van der Waals surface area contributed by atoms with Crippen LogP contribution < -0.4 is 9.62 Å². The predicted octanol–water partition coefficient (Wildman–Crippen LogP) is 1.59. The maximum atomic E-state index is 13.7. The lowest BCUT2D eigenvalue weighted by Gasteiger charge is -2.36. The minimum atomic E-state index is -4.24. The summed E-state index contributed by atoms with van der Waals surface area (Å²) in [6.45, 7) is 1.70. The van der Waals surface area contributed by atoms with E-state index in [0.717, 1.165) is 17.8 Å². The molecule has 0 atom stereocenters. The first-order valence-corrected chi connectivity index (χ1v) is 9.87. The normalized spacial score (nSPS) is 15.0. The second-order valence-corrected chi connectivity index (χ2v) is 7.84. The molecule has 2 aromatic carbocycles. The number of rotatable bonds is 5. The van der Waals surface area contributed by atoms with Crippen LogP contribution in [0.3, 0.4) is 0 Å². The van der Waals surface area contributed by atoms with Gasteiger partial charge in [0.15, 0.2) is 0 Å². The van der Waals surface area contributed by atoms with E-state index in [1.54, 1.807) is 4.90 Å². The number of benzene rings is 2. The van der Waals surface area contributed by atoms with E-state index in [1.165, 1.54) is 0 Å². The molecule has 6 nitrogen and oxygen atoms in total.